The van der Waals surface area contributed by atoms with Crippen molar-refractivity contribution in [1.82, 2.24) is 0 Å². The van der Waals surface area contributed by atoms with Crippen LogP contribution < -0.4 is 15.9 Å². The van der Waals surface area contributed by atoms with Gasteiger partial charge in [-0.1, -0.05) is 194 Å². The lowest BCUT2D eigenvalue weighted by Gasteiger charge is -2.22. The maximum absolute atomic E-state index is 16.6. The fourth-order valence-corrected chi connectivity index (χ4v) is 12.3. The average Bonchev–Trinajstić information content (AvgIpc) is 3.30. The van der Waals surface area contributed by atoms with Crippen LogP contribution in [0.3, 0.4) is 0 Å². The molecule has 270 valence electrons. The second-order valence-electron chi connectivity index (χ2n) is 15.6. The molecule has 0 radical (unpaired) electrons. The van der Waals surface area contributed by atoms with Gasteiger partial charge in [-0.05, 0) is 116 Å². The molecule has 0 aromatic heterocycles. The summed E-state index contributed by atoms with van der Waals surface area (Å²) in [7, 11) is -3.42. The summed E-state index contributed by atoms with van der Waals surface area (Å²) in [6.07, 6.45) is 0. The number of benzene rings is 12. The monoisotopic (exact) mass is 754 g/mol. The van der Waals surface area contributed by atoms with Gasteiger partial charge in [-0.15, -0.1) is 0 Å². The standard InChI is InChI=1S/C56H35OP/c57-58(45-30-23-40-19-17-36-9-1-5-13-47(36)52(40)34-45,46-31-24-41-20-18-37-10-2-6-14-48(37)53(41)35-46)44-28-25-42(26-29-44)55-51-32-27-38-11-3-7-15-49(38)54(51)33-43-22-21-39-12-4-8-16-50(39)56(43)55/h1-35H. The predicted octanol–water partition coefficient (Wildman–Crippen LogP) is 14.2. The summed E-state index contributed by atoms with van der Waals surface area (Å²) < 4.78 is 16.6. The van der Waals surface area contributed by atoms with E-state index in [1.54, 1.807) is 0 Å². The smallest absolute Gasteiger partial charge is 0.171 e. The molecule has 0 atom stereocenters. The molecule has 0 saturated carbocycles. The third-order valence-corrected chi connectivity index (χ3v) is 15.5. The van der Waals surface area contributed by atoms with E-state index in [1.807, 2.05) is 0 Å². The van der Waals surface area contributed by atoms with Crippen molar-refractivity contribution >= 4 is 109 Å². The van der Waals surface area contributed by atoms with Gasteiger partial charge < -0.3 is 4.57 Å². The van der Waals surface area contributed by atoms with Crippen LogP contribution in [0.5, 0.6) is 0 Å². The summed E-state index contributed by atoms with van der Waals surface area (Å²) in [4.78, 5) is 0. The van der Waals surface area contributed by atoms with Crippen molar-refractivity contribution in [3.05, 3.63) is 212 Å². The minimum Gasteiger partial charge on any atom is -0.309 e. The Bertz CT molecular complexity index is 3590. The predicted molar refractivity (Wildman–Crippen MR) is 251 cm³/mol. The highest BCUT2D eigenvalue weighted by Gasteiger charge is 2.31. The molecule has 0 aliphatic carbocycles. The molecule has 0 amide bonds. The summed E-state index contributed by atoms with van der Waals surface area (Å²) in [5.41, 5.74) is 2.30. The lowest BCUT2D eigenvalue weighted by atomic mass is 9.87. The van der Waals surface area contributed by atoms with Crippen LogP contribution >= 0.6 is 7.14 Å². The summed E-state index contributed by atoms with van der Waals surface area (Å²) in [6.45, 7) is 0. The minimum absolute atomic E-state index is 0.815. The third-order valence-electron chi connectivity index (χ3n) is 12.5. The lowest BCUT2D eigenvalue weighted by molar-refractivity contribution is 0.592. The maximum Gasteiger partial charge on any atom is 0.171 e. The molecule has 0 spiro atoms. The Morgan fingerprint density at radius 2 is 0.638 bits per heavy atom. The second-order valence-corrected chi connectivity index (χ2v) is 18.3. The van der Waals surface area contributed by atoms with E-state index in [4.69, 9.17) is 0 Å². The van der Waals surface area contributed by atoms with Crippen LogP contribution in [0.2, 0.25) is 0 Å². The first kappa shape index (κ1) is 33.1. The van der Waals surface area contributed by atoms with E-state index in [1.165, 1.54) is 59.4 Å². The van der Waals surface area contributed by atoms with E-state index in [9.17, 15) is 0 Å². The molecule has 0 aliphatic heterocycles. The van der Waals surface area contributed by atoms with Gasteiger partial charge >= 0.3 is 0 Å². The topological polar surface area (TPSA) is 17.1 Å². The molecular formula is C56H35OP. The highest BCUT2D eigenvalue weighted by Crippen LogP contribution is 2.47. The van der Waals surface area contributed by atoms with Gasteiger partial charge in [-0.25, -0.2) is 0 Å². The first-order valence-corrected chi connectivity index (χ1v) is 21.6. The normalized spacial score (nSPS) is 12.2. The van der Waals surface area contributed by atoms with E-state index >= 15 is 4.57 Å². The Kier molecular flexibility index (Phi) is 7.27. The molecule has 58 heavy (non-hydrogen) atoms. The van der Waals surface area contributed by atoms with Crippen molar-refractivity contribution < 1.29 is 4.57 Å². The Balaban J connectivity index is 1.13. The molecule has 12 aromatic rings. The van der Waals surface area contributed by atoms with Gasteiger partial charge in [0.1, 0.15) is 0 Å². The van der Waals surface area contributed by atoms with E-state index in [0.29, 0.717) is 0 Å². The van der Waals surface area contributed by atoms with Crippen molar-refractivity contribution in [3.63, 3.8) is 0 Å². The molecule has 1 nitrogen and oxygen atoms in total. The molecular weight excluding hydrogens is 720 g/mol. The van der Waals surface area contributed by atoms with Gasteiger partial charge in [0, 0.05) is 15.9 Å². The van der Waals surface area contributed by atoms with Crippen LogP contribution in [0.25, 0.3) is 97.3 Å². The van der Waals surface area contributed by atoms with Gasteiger partial charge in [-0.3, -0.25) is 0 Å². The Hall–Kier alpha value is -7.05. The van der Waals surface area contributed by atoms with E-state index < -0.39 is 7.14 Å². The number of fused-ring (bicyclic) bond motifs is 12. The summed E-state index contributed by atoms with van der Waals surface area (Å²) >= 11 is 0. The molecule has 0 aliphatic rings. The molecule has 0 heterocycles. The van der Waals surface area contributed by atoms with Crippen LogP contribution in [0.15, 0.2) is 212 Å². The van der Waals surface area contributed by atoms with E-state index in [-0.39, 0.29) is 0 Å². The highest BCUT2D eigenvalue weighted by atomic mass is 31.2. The van der Waals surface area contributed by atoms with Crippen molar-refractivity contribution in [2.75, 3.05) is 0 Å². The average molecular weight is 755 g/mol. The van der Waals surface area contributed by atoms with Crippen LogP contribution in [0.4, 0.5) is 0 Å². The van der Waals surface area contributed by atoms with E-state index in [2.05, 4.69) is 212 Å². The van der Waals surface area contributed by atoms with Crippen LogP contribution in [-0.4, -0.2) is 0 Å². The zero-order valence-corrected chi connectivity index (χ0v) is 32.5. The Labute approximate surface area is 335 Å². The fraction of sp³-hybridized carbons (Fsp3) is 0. The van der Waals surface area contributed by atoms with Crippen molar-refractivity contribution in [1.29, 1.82) is 0 Å². The minimum atomic E-state index is -3.42. The summed E-state index contributed by atoms with van der Waals surface area (Å²) in [5.74, 6) is 0. The van der Waals surface area contributed by atoms with Gasteiger partial charge in [-0.2, -0.15) is 0 Å². The quantitative estimate of drug-likeness (QED) is 0.0993. The lowest BCUT2D eigenvalue weighted by Crippen LogP contribution is -2.25. The van der Waals surface area contributed by atoms with Crippen molar-refractivity contribution in [3.8, 4) is 11.1 Å². The Morgan fingerprint density at radius 1 is 0.259 bits per heavy atom. The number of hydrogen-bond donors (Lipinski definition) is 0. The molecule has 0 saturated heterocycles. The maximum atomic E-state index is 16.6. The van der Waals surface area contributed by atoms with Crippen molar-refractivity contribution in [2.45, 2.75) is 0 Å². The van der Waals surface area contributed by atoms with Crippen LogP contribution in [-0.2, 0) is 4.57 Å². The highest BCUT2D eigenvalue weighted by molar-refractivity contribution is 7.85. The first-order valence-electron chi connectivity index (χ1n) is 19.9. The van der Waals surface area contributed by atoms with Gasteiger partial charge in [0.05, 0.1) is 0 Å². The van der Waals surface area contributed by atoms with E-state index in [0.717, 1.165) is 53.8 Å². The molecule has 2 heteroatoms. The largest absolute Gasteiger partial charge is 0.309 e. The molecule has 12 rings (SSSR count). The molecule has 0 fully saturated rings. The second kappa shape index (κ2) is 12.7. The third kappa shape index (κ3) is 4.94. The van der Waals surface area contributed by atoms with Crippen LogP contribution in [0.1, 0.15) is 0 Å². The SMILES string of the molecule is O=P(c1ccc(-c2c3ccc4ccccc4c3cc3ccc4ccccc4c23)cc1)(c1ccc2ccc3ccccc3c2c1)c1ccc2ccc3ccccc3c2c1. The Morgan fingerprint density at radius 3 is 1.17 bits per heavy atom. The fourth-order valence-electron chi connectivity index (χ4n) is 9.60. The molecule has 0 unspecified atom stereocenters. The molecule has 0 bridgehead atoms. The number of rotatable bonds is 4. The molecule has 0 N–H and O–H groups in total. The van der Waals surface area contributed by atoms with Gasteiger partial charge in [0.25, 0.3) is 0 Å². The van der Waals surface area contributed by atoms with Crippen molar-refractivity contribution in [2.24, 2.45) is 0 Å². The summed E-state index contributed by atoms with van der Waals surface area (Å²) in [5, 5.41) is 21.4. The zero-order chi connectivity index (χ0) is 38.4. The summed E-state index contributed by atoms with van der Waals surface area (Å²) in [6, 6.07) is 75.9. The van der Waals surface area contributed by atoms with Crippen LogP contribution in [0, 0.1) is 0 Å². The number of hydrogen-bond acceptors (Lipinski definition) is 1. The zero-order valence-electron chi connectivity index (χ0n) is 31.6. The van der Waals surface area contributed by atoms with Gasteiger partial charge in [0.15, 0.2) is 7.14 Å². The molecule has 12 aromatic carbocycles. The van der Waals surface area contributed by atoms with Gasteiger partial charge in [0.2, 0.25) is 0 Å². The first-order chi connectivity index (χ1) is 28.6.